The third-order valence-electron chi connectivity index (χ3n) is 4.76. The summed E-state index contributed by atoms with van der Waals surface area (Å²) in [5.74, 6) is 0.546. The predicted octanol–water partition coefficient (Wildman–Crippen LogP) is 5.06. The Balaban J connectivity index is 1.35. The van der Waals surface area contributed by atoms with Crippen molar-refractivity contribution in [1.29, 1.82) is 0 Å². The topological polar surface area (TPSA) is 55.2 Å². The summed E-state index contributed by atoms with van der Waals surface area (Å²) in [6.45, 7) is 2.26. The van der Waals surface area contributed by atoms with Gasteiger partial charge in [-0.1, -0.05) is 23.7 Å². The Morgan fingerprint density at radius 3 is 2.89 bits per heavy atom. The summed E-state index contributed by atoms with van der Waals surface area (Å²) >= 11 is 9.29. The predicted molar refractivity (Wildman–Crippen MR) is 112 cm³/mol. The SMILES string of the molecule is C[C@@H](OC[C@@H](O)CSc1ncnc2sc3c(c12)CCC3)c1ccc(Cl)cc1. The zero-order chi connectivity index (χ0) is 18.8. The van der Waals surface area contributed by atoms with Crippen LogP contribution in [0.3, 0.4) is 0 Å². The maximum absolute atomic E-state index is 10.4. The molecule has 1 aliphatic carbocycles. The Morgan fingerprint density at radius 2 is 2.07 bits per heavy atom. The molecule has 27 heavy (non-hydrogen) atoms. The van der Waals surface area contributed by atoms with E-state index in [0.717, 1.165) is 28.3 Å². The van der Waals surface area contributed by atoms with Crippen molar-refractivity contribution in [2.75, 3.05) is 12.4 Å². The van der Waals surface area contributed by atoms with Gasteiger partial charge in [-0.3, -0.25) is 0 Å². The van der Waals surface area contributed by atoms with Crippen molar-refractivity contribution in [1.82, 2.24) is 9.97 Å². The Morgan fingerprint density at radius 1 is 1.26 bits per heavy atom. The molecule has 4 rings (SSSR count). The minimum absolute atomic E-state index is 0.0900. The average Bonchev–Trinajstić information content (AvgIpc) is 3.26. The Hall–Kier alpha value is -1.18. The number of nitrogens with zero attached hydrogens (tertiary/aromatic N) is 2. The molecule has 1 N–H and O–H groups in total. The number of thioether (sulfide) groups is 1. The monoisotopic (exact) mass is 420 g/mol. The first-order chi connectivity index (χ1) is 13.1. The average molecular weight is 421 g/mol. The van der Waals surface area contributed by atoms with Crippen LogP contribution in [0.4, 0.5) is 0 Å². The number of fused-ring (bicyclic) bond motifs is 3. The summed E-state index contributed by atoms with van der Waals surface area (Å²) < 4.78 is 5.83. The second-order valence-electron chi connectivity index (χ2n) is 6.71. The molecule has 142 valence electrons. The van der Waals surface area contributed by atoms with Crippen LogP contribution in [-0.4, -0.2) is 33.5 Å². The van der Waals surface area contributed by atoms with Gasteiger partial charge in [-0.15, -0.1) is 23.1 Å². The standard InChI is InChI=1S/C20H21ClN2O2S2/c1-12(13-5-7-14(21)8-6-13)25-9-15(24)10-26-19-18-16-3-2-4-17(16)27-20(18)23-11-22-19/h5-8,11-12,15,24H,2-4,9-10H2,1H3/t12-,15-/m1/s1. The Bertz CT molecular complexity index is 930. The molecule has 2 heterocycles. The highest BCUT2D eigenvalue weighted by Crippen LogP contribution is 2.40. The highest BCUT2D eigenvalue weighted by atomic mass is 35.5. The van der Waals surface area contributed by atoms with Crippen LogP contribution >= 0.6 is 34.7 Å². The highest BCUT2D eigenvalue weighted by molar-refractivity contribution is 7.99. The van der Waals surface area contributed by atoms with Crippen LogP contribution in [0, 0.1) is 0 Å². The number of hydrogen-bond donors (Lipinski definition) is 1. The number of ether oxygens (including phenoxy) is 1. The normalized spacial score (nSPS) is 15.8. The van der Waals surface area contributed by atoms with Crippen LogP contribution in [0.1, 0.15) is 35.5 Å². The van der Waals surface area contributed by atoms with Crippen molar-refractivity contribution in [3.63, 3.8) is 0 Å². The van der Waals surface area contributed by atoms with Gasteiger partial charge in [0.1, 0.15) is 16.2 Å². The maximum atomic E-state index is 10.4. The lowest BCUT2D eigenvalue weighted by Crippen LogP contribution is -2.19. The molecule has 2 atom stereocenters. The fraction of sp³-hybridized carbons (Fsp3) is 0.400. The molecule has 2 aromatic heterocycles. The first kappa shape index (κ1) is 19.2. The molecule has 0 amide bonds. The number of thiophene rings is 1. The van der Waals surface area contributed by atoms with Crippen LogP contribution in [0.5, 0.6) is 0 Å². The molecule has 0 radical (unpaired) electrons. The number of aryl methyl sites for hydroxylation is 2. The molecule has 4 nitrogen and oxygen atoms in total. The second kappa shape index (κ2) is 8.45. The van der Waals surface area contributed by atoms with Gasteiger partial charge in [0.05, 0.1) is 18.8 Å². The summed E-state index contributed by atoms with van der Waals surface area (Å²) in [6.07, 6.45) is 4.46. The van der Waals surface area contributed by atoms with Gasteiger partial charge in [0, 0.05) is 21.0 Å². The van der Waals surface area contributed by atoms with Crippen LogP contribution in [0.25, 0.3) is 10.2 Å². The van der Waals surface area contributed by atoms with E-state index in [2.05, 4.69) is 9.97 Å². The molecule has 0 saturated heterocycles. The molecule has 0 saturated carbocycles. The molecule has 3 aromatic rings. The summed E-state index contributed by atoms with van der Waals surface area (Å²) in [5.41, 5.74) is 2.46. The molecule has 0 spiro atoms. The van der Waals surface area contributed by atoms with Gasteiger partial charge in [0.15, 0.2) is 0 Å². The van der Waals surface area contributed by atoms with Gasteiger partial charge in [0.25, 0.3) is 0 Å². The van der Waals surface area contributed by atoms with Crippen molar-refractivity contribution in [2.45, 2.75) is 43.4 Å². The van der Waals surface area contributed by atoms with E-state index in [1.165, 1.54) is 22.2 Å². The quantitative estimate of drug-likeness (QED) is 0.427. The van der Waals surface area contributed by atoms with Gasteiger partial charge in [-0.2, -0.15) is 0 Å². The van der Waals surface area contributed by atoms with E-state index >= 15 is 0 Å². The minimum atomic E-state index is -0.554. The summed E-state index contributed by atoms with van der Waals surface area (Å²) in [4.78, 5) is 11.4. The number of benzene rings is 1. The zero-order valence-corrected chi connectivity index (χ0v) is 17.4. The molecule has 7 heteroatoms. The number of aliphatic hydroxyl groups is 1. The largest absolute Gasteiger partial charge is 0.390 e. The number of rotatable bonds is 7. The van der Waals surface area contributed by atoms with Crippen molar-refractivity contribution in [3.05, 3.63) is 51.6 Å². The van der Waals surface area contributed by atoms with E-state index in [9.17, 15) is 5.11 Å². The van der Waals surface area contributed by atoms with E-state index in [1.54, 1.807) is 29.4 Å². The lowest BCUT2D eigenvalue weighted by Gasteiger charge is -2.17. The molecule has 1 aromatic carbocycles. The van der Waals surface area contributed by atoms with Crippen LogP contribution in [-0.2, 0) is 17.6 Å². The first-order valence-corrected chi connectivity index (χ1v) is 11.2. The fourth-order valence-corrected chi connectivity index (χ4v) is 5.67. The highest BCUT2D eigenvalue weighted by Gasteiger charge is 2.21. The van der Waals surface area contributed by atoms with Crippen molar-refractivity contribution in [3.8, 4) is 0 Å². The van der Waals surface area contributed by atoms with Crippen molar-refractivity contribution in [2.24, 2.45) is 0 Å². The smallest absolute Gasteiger partial charge is 0.128 e. The molecule has 1 aliphatic rings. The number of hydrogen-bond acceptors (Lipinski definition) is 6. The van der Waals surface area contributed by atoms with E-state index < -0.39 is 6.10 Å². The third kappa shape index (κ3) is 4.30. The van der Waals surface area contributed by atoms with Crippen LogP contribution in [0.2, 0.25) is 5.02 Å². The van der Waals surface area contributed by atoms with E-state index in [4.69, 9.17) is 16.3 Å². The first-order valence-electron chi connectivity index (χ1n) is 9.05. The van der Waals surface area contributed by atoms with Crippen LogP contribution < -0.4 is 0 Å². The van der Waals surface area contributed by atoms with Crippen molar-refractivity contribution < 1.29 is 9.84 Å². The molecular formula is C20H21ClN2O2S2. The molecule has 0 bridgehead atoms. The van der Waals surface area contributed by atoms with Gasteiger partial charge < -0.3 is 9.84 Å². The molecule has 0 fully saturated rings. The number of halogens is 1. The van der Waals surface area contributed by atoms with Gasteiger partial charge in [0.2, 0.25) is 0 Å². The number of aliphatic hydroxyl groups excluding tert-OH is 1. The van der Waals surface area contributed by atoms with Crippen LogP contribution in [0.15, 0.2) is 35.6 Å². The van der Waals surface area contributed by atoms with Gasteiger partial charge in [-0.05, 0) is 49.4 Å². The number of aromatic nitrogens is 2. The molecule has 0 unspecified atom stereocenters. The van der Waals surface area contributed by atoms with Gasteiger partial charge >= 0.3 is 0 Å². The Kier molecular flexibility index (Phi) is 5.99. The summed E-state index contributed by atoms with van der Waals surface area (Å²) in [7, 11) is 0. The Labute approximate surface area is 171 Å². The van der Waals surface area contributed by atoms with E-state index in [0.29, 0.717) is 10.8 Å². The lowest BCUT2D eigenvalue weighted by molar-refractivity contribution is 0.00622. The third-order valence-corrected chi connectivity index (χ3v) is 7.34. The van der Waals surface area contributed by atoms with E-state index in [1.807, 2.05) is 31.2 Å². The summed E-state index contributed by atoms with van der Waals surface area (Å²) in [6, 6.07) is 7.59. The lowest BCUT2D eigenvalue weighted by atomic mass is 10.1. The second-order valence-corrected chi connectivity index (χ2v) is 9.24. The van der Waals surface area contributed by atoms with E-state index in [-0.39, 0.29) is 12.7 Å². The zero-order valence-electron chi connectivity index (χ0n) is 15.0. The molecule has 0 aliphatic heterocycles. The van der Waals surface area contributed by atoms with Gasteiger partial charge in [-0.25, -0.2) is 9.97 Å². The summed E-state index contributed by atoms with van der Waals surface area (Å²) in [5, 5.41) is 13.2. The fourth-order valence-electron chi connectivity index (χ4n) is 3.32. The molecular weight excluding hydrogens is 400 g/mol. The van der Waals surface area contributed by atoms with Crippen molar-refractivity contribution >= 4 is 44.9 Å². The minimum Gasteiger partial charge on any atom is -0.390 e. The maximum Gasteiger partial charge on any atom is 0.128 e.